The third kappa shape index (κ3) is 1.86. The number of nitrogens with zero attached hydrogens (tertiary/aromatic N) is 4. The lowest BCUT2D eigenvalue weighted by Gasteiger charge is -1.98. The first-order valence-electron chi connectivity index (χ1n) is 4.92. The van der Waals surface area contributed by atoms with Gasteiger partial charge in [0.2, 0.25) is 5.82 Å². The quantitative estimate of drug-likeness (QED) is 0.751. The lowest BCUT2D eigenvalue weighted by Crippen LogP contribution is -1.84. The molecule has 0 unspecified atom stereocenters. The summed E-state index contributed by atoms with van der Waals surface area (Å²) in [5, 5.41) is 19.9. The normalized spacial score (nSPS) is 10.7. The number of phenols is 1. The molecule has 0 aliphatic heterocycles. The Morgan fingerprint density at radius 3 is 2.94 bits per heavy atom. The topological polar surface area (TPSA) is 101 Å². The van der Waals surface area contributed by atoms with Crippen LogP contribution in [0.1, 0.15) is 0 Å². The summed E-state index contributed by atoms with van der Waals surface area (Å²) in [6.45, 7) is 0. The Morgan fingerprint density at radius 1 is 1.33 bits per heavy atom. The zero-order chi connectivity index (χ0) is 12.5. The first kappa shape index (κ1) is 10.9. The van der Waals surface area contributed by atoms with Crippen molar-refractivity contribution in [1.29, 1.82) is 0 Å². The van der Waals surface area contributed by atoms with Crippen LogP contribution < -0.4 is 0 Å². The van der Waals surface area contributed by atoms with E-state index in [4.69, 9.17) is 4.52 Å². The van der Waals surface area contributed by atoms with Crippen molar-refractivity contribution in [3.63, 3.8) is 0 Å². The molecule has 0 atom stereocenters. The van der Waals surface area contributed by atoms with Crippen molar-refractivity contribution in [2.45, 2.75) is 0 Å². The molecule has 2 heterocycles. The molecule has 0 spiro atoms. The van der Waals surface area contributed by atoms with Crippen LogP contribution in [0.4, 0.5) is 0 Å². The van der Waals surface area contributed by atoms with E-state index >= 15 is 0 Å². The molecule has 8 heteroatoms. The molecule has 0 radical (unpaired) electrons. The van der Waals surface area contributed by atoms with E-state index in [-0.39, 0.29) is 17.5 Å². The Bertz CT molecular complexity index is 679. The van der Waals surface area contributed by atoms with E-state index in [9.17, 15) is 5.11 Å². The molecule has 3 rings (SSSR count). The predicted octanol–water partition coefficient (Wildman–Crippen LogP) is 1.99. The van der Waals surface area contributed by atoms with Gasteiger partial charge in [-0.2, -0.15) is 10.1 Å². The lowest BCUT2D eigenvalue weighted by atomic mass is 10.2. The van der Waals surface area contributed by atoms with Gasteiger partial charge in [-0.25, -0.2) is 4.98 Å². The first-order chi connectivity index (χ1) is 8.74. The number of hydrogen-bond donors (Lipinski definition) is 2. The second kappa shape index (κ2) is 4.22. The van der Waals surface area contributed by atoms with Gasteiger partial charge in [0.25, 0.3) is 5.89 Å². The van der Waals surface area contributed by atoms with Crippen molar-refractivity contribution in [1.82, 2.24) is 25.3 Å². The third-order valence-corrected chi connectivity index (χ3v) is 2.74. The number of nitrogens with one attached hydrogen (secondary N) is 1. The maximum atomic E-state index is 9.79. The van der Waals surface area contributed by atoms with Crippen molar-refractivity contribution in [2.75, 3.05) is 0 Å². The summed E-state index contributed by atoms with van der Waals surface area (Å²) in [5.74, 6) is 0.954. The van der Waals surface area contributed by atoms with Gasteiger partial charge in [0.1, 0.15) is 12.1 Å². The van der Waals surface area contributed by atoms with Crippen LogP contribution in [0.15, 0.2) is 33.5 Å². The van der Waals surface area contributed by atoms with E-state index in [1.165, 1.54) is 6.33 Å². The van der Waals surface area contributed by atoms with Gasteiger partial charge in [0.15, 0.2) is 5.82 Å². The number of aromatic nitrogens is 5. The molecule has 0 aliphatic carbocycles. The zero-order valence-electron chi connectivity index (χ0n) is 8.83. The predicted molar refractivity (Wildman–Crippen MR) is 64.5 cm³/mol. The molecule has 0 fully saturated rings. The molecule has 0 saturated carbocycles. The summed E-state index contributed by atoms with van der Waals surface area (Å²) >= 11 is 3.26. The summed E-state index contributed by atoms with van der Waals surface area (Å²) in [5.41, 5.74) is 0.455. The van der Waals surface area contributed by atoms with Gasteiger partial charge in [0, 0.05) is 4.47 Å². The molecule has 0 saturated heterocycles. The highest BCUT2D eigenvalue weighted by atomic mass is 79.9. The molecule has 7 nitrogen and oxygen atoms in total. The monoisotopic (exact) mass is 307 g/mol. The van der Waals surface area contributed by atoms with E-state index in [1.807, 2.05) is 0 Å². The molecular weight excluding hydrogens is 302 g/mol. The van der Waals surface area contributed by atoms with E-state index in [0.717, 1.165) is 4.47 Å². The fourth-order valence-corrected chi connectivity index (χ4v) is 1.78. The van der Waals surface area contributed by atoms with Crippen molar-refractivity contribution in [3.8, 4) is 28.9 Å². The molecule has 0 amide bonds. The van der Waals surface area contributed by atoms with Crippen LogP contribution in [0.25, 0.3) is 23.1 Å². The Hall–Kier alpha value is -2.22. The van der Waals surface area contributed by atoms with Crippen molar-refractivity contribution < 1.29 is 9.63 Å². The Labute approximate surface area is 109 Å². The summed E-state index contributed by atoms with van der Waals surface area (Å²) in [6, 6.07) is 5.00. The van der Waals surface area contributed by atoms with Gasteiger partial charge in [-0.3, -0.25) is 5.10 Å². The highest BCUT2D eigenvalue weighted by molar-refractivity contribution is 9.10. The molecule has 3 aromatic rings. The summed E-state index contributed by atoms with van der Waals surface area (Å²) in [6.07, 6.45) is 1.35. The van der Waals surface area contributed by atoms with Gasteiger partial charge >= 0.3 is 0 Å². The van der Waals surface area contributed by atoms with Gasteiger partial charge < -0.3 is 9.63 Å². The SMILES string of the molecule is Oc1cc(Br)ccc1-c1nc(-c2ncn[nH]2)no1. The number of aromatic amines is 1. The average molecular weight is 308 g/mol. The van der Waals surface area contributed by atoms with Crippen molar-refractivity contribution >= 4 is 15.9 Å². The Balaban J connectivity index is 2.03. The number of rotatable bonds is 2. The van der Waals surface area contributed by atoms with Gasteiger partial charge in [-0.15, -0.1) is 0 Å². The standard InChI is InChI=1S/C10H6BrN5O2/c11-5-1-2-6(7(17)3-5)10-14-9(16-18-10)8-12-4-13-15-8/h1-4,17H,(H,12,13,15). The first-order valence-corrected chi connectivity index (χ1v) is 5.71. The molecule has 0 bridgehead atoms. The van der Waals surface area contributed by atoms with E-state index in [2.05, 4.69) is 41.3 Å². The van der Waals surface area contributed by atoms with Crippen LogP contribution in [0, 0.1) is 0 Å². The van der Waals surface area contributed by atoms with Crippen LogP contribution in [0.5, 0.6) is 5.75 Å². The number of aromatic hydroxyl groups is 1. The second-order valence-corrected chi connectivity index (χ2v) is 4.33. The number of H-pyrrole nitrogens is 1. The Kier molecular flexibility index (Phi) is 2.56. The molecular formula is C10H6BrN5O2. The number of phenolic OH excluding ortho intramolecular Hbond substituents is 1. The van der Waals surface area contributed by atoms with Gasteiger partial charge in [-0.1, -0.05) is 21.1 Å². The van der Waals surface area contributed by atoms with Crippen LogP contribution in [-0.2, 0) is 0 Å². The third-order valence-electron chi connectivity index (χ3n) is 2.24. The van der Waals surface area contributed by atoms with Gasteiger partial charge in [0.05, 0.1) is 5.56 Å². The number of hydrogen-bond acceptors (Lipinski definition) is 6. The second-order valence-electron chi connectivity index (χ2n) is 3.42. The number of benzene rings is 1. The maximum absolute atomic E-state index is 9.79. The smallest absolute Gasteiger partial charge is 0.262 e. The number of halogens is 1. The van der Waals surface area contributed by atoms with Crippen LogP contribution in [0.3, 0.4) is 0 Å². The molecule has 0 aliphatic rings. The fourth-order valence-electron chi connectivity index (χ4n) is 1.43. The van der Waals surface area contributed by atoms with E-state index < -0.39 is 0 Å². The summed E-state index contributed by atoms with van der Waals surface area (Å²) < 4.78 is 5.83. The minimum absolute atomic E-state index is 0.0529. The molecule has 2 aromatic heterocycles. The van der Waals surface area contributed by atoms with Crippen molar-refractivity contribution in [2.24, 2.45) is 0 Å². The zero-order valence-corrected chi connectivity index (χ0v) is 10.4. The van der Waals surface area contributed by atoms with E-state index in [0.29, 0.717) is 11.4 Å². The van der Waals surface area contributed by atoms with Crippen LogP contribution in [-0.4, -0.2) is 30.4 Å². The Morgan fingerprint density at radius 2 is 2.22 bits per heavy atom. The largest absolute Gasteiger partial charge is 0.507 e. The van der Waals surface area contributed by atoms with E-state index in [1.54, 1.807) is 18.2 Å². The van der Waals surface area contributed by atoms with Crippen molar-refractivity contribution in [3.05, 3.63) is 29.0 Å². The highest BCUT2D eigenvalue weighted by Gasteiger charge is 2.15. The molecule has 90 valence electrons. The van der Waals surface area contributed by atoms with Crippen LogP contribution >= 0.6 is 15.9 Å². The van der Waals surface area contributed by atoms with Gasteiger partial charge in [-0.05, 0) is 18.2 Å². The minimum Gasteiger partial charge on any atom is -0.507 e. The summed E-state index contributed by atoms with van der Waals surface area (Å²) in [7, 11) is 0. The highest BCUT2D eigenvalue weighted by Crippen LogP contribution is 2.31. The maximum Gasteiger partial charge on any atom is 0.262 e. The molecule has 2 N–H and O–H groups in total. The summed E-state index contributed by atoms with van der Waals surface area (Å²) in [4.78, 5) is 8.03. The molecule has 1 aromatic carbocycles. The van der Waals surface area contributed by atoms with Crippen LogP contribution in [0.2, 0.25) is 0 Å². The fraction of sp³-hybridized carbons (Fsp3) is 0. The lowest BCUT2D eigenvalue weighted by molar-refractivity contribution is 0.425. The molecule has 18 heavy (non-hydrogen) atoms. The average Bonchev–Trinajstić information content (AvgIpc) is 2.99. The minimum atomic E-state index is 0.0529.